The van der Waals surface area contributed by atoms with E-state index in [1.54, 1.807) is 13.0 Å². The van der Waals surface area contributed by atoms with Crippen LogP contribution < -0.4 is 15.0 Å². The molecule has 0 atom stereocenters. The van der Waals surface area contributed by atoms with Gasteiger partial charge in [-0.1, -0.05) is 6.07 Å². The number of nitriles is 1. The average molecular weight is 306 g/mol. The molecule has 0 aliphatic rings. The van der Waals surface area contributed by atoms with Crippen molar-refractivity contribution in [3.05, 3.63) is 45.9 Å². The molecule has 7 heteroatoms. The largest absolute Gasteiger partial charge is 0.493 e. The molecule has 0 aliphatic carbocycles. The Morgan fingerprint density at radius 3 is 2.59 bits per heavy atom. The van der Waals surface area contributed by atoms with Crippen LogP contribution in [-0.4, -0.2) is 18.7 Å². The van der Waals surface area contributed by atoms with Gasteiger partial charge in [-0.2, -0.15) is 14.0 Å². The Labute approximate surface area is 124 Å². The van der Waals surface area contributed by atoms with Crippen molar-refractivity contribution < 1.29 is 18.3 Å². The summed E-state index contributed by atoms with van der Waals surface area (Å²) in [4.78, 5) is 14.3. The van der Waals surface area contributed by atoms with E-state index in [4.69, 9.17) is 10.00 Å². The molecular weight excluding hydrogens is 294 g/mol. The predicted molar refractivity (Wildman–Crippen MR) is 75.1 cm³/mol. The van der Waals surface area contributed by atoms with Crippen molar-refractivity contribution >= 4 is 0 Å². The Morgan fingerprint density at radius 2 is 2.00 bits per heavy atom. The Kier molecular flexibility index (Phi) is 4.41. The van der Waals surface area contributed by atoms with E-state index in [9.17, 15) is 13.6 Å². The molecule has 0 radical (unpaired) electrons. The molecule has 0 fully saturated rings. The number of ether oxygens (including phenoxy) is 2. The van der Waals surface area contributed by atoms with Crippen molar-refractivity contribution in [2.75, 3.05) is 7.11 Å². The smallest absolute Gasteiger partial charge is 0.387 e. The van der Waals surface area contributed by atoms with E-state index in [0.717, 1.165) is 0 Å². The summed E-state index contributed by atoms with van der Waals surface area (Å²) < 4.78 is 34.0. The summed E-state index contributed by atoms with van der Waals surface area (Å²) >= 11 is 0. The van der Waals surface area contributed by atoms with Crippen molar-refractivity contribution in [1.29, 1.82) is 5.26 Å². The van der Waals surface area contributed by atoms with Gasteiger partial charge in [-0.3, -0.25) is 4.79 Å². The fourth-order valence-corrected chi connectivity index (χ4v) is 2.06. The van der Waals surface area contributed by atoms with Gasteiger partial charge in [0.1, 0.15) is 11.6 Å². The number of rotatable bonds is 4. The Morgan fingerprint density at radius 1 is 1.27 bits per heavy atom. The maximum atomic E-state index is 12.3. The van der Waals surface area contributed by atoms with Crippen molar-refractivity contribution in [1.82, 2.24) is 4.98 Å². The number of aromatic amines is 1. The van der Waals surface area contributed by atoms with Crippen molar-refractivity contribution in [3.63, 3.8) is 0 Å². The summed E-state index contributed by atoms with van der Waals surface area (Å²) in [6.45, 7) is -1.30. The molecule has 1 heterocycles. The molecule has 0 saturated carbocycles. The third-order valence-corrected chi connectivity index (χ3v) is 2.97. The second-order valence-electron chi connectivity index (χ2n) is 4.43. The minimum Gasteiger partial charge on any atom is -0.493 e. The monoisotopic (exact) mass is 306 g/mol. The van der Waals surface area contributed by atoms with Crippen LogP contribution in [0.2, 0.25) is 0 Å². The molecule has 5 nitrogen and oxygen atoms in total. The highest BCUT2D eigenvalue weighted by atomic mass is 19.3. The van der Waals surface area contributed by atoms with Gasteiger partial charge in [0.05, 0.1) is 7.11 Å². The summed E-state index contributed by atoms with van der Waals surface area (Å²) in [5.41, 5.74) is 0.889. The number of pyridine rings is 1. The van der Waals surface area contributed by atoms with Gasteiger partial charge in [0, 0.05) is 11.3 Å². The lowest BCUT2D eigenvalue weighted by Gasteiger charge is -2.12. The number of H-pyrrole nitrogens is 1. The molecule has 1 N–H and O–H groups in total. The summed E-state index contributed by atoms with van der Waals surface area (Å²) in [6.07, 6.45) is 0. The van der Waals surface area contributed by atoms with E-state index in [-0.39, 0.29) is 17.1 Å². The molecule has 1 aromatic carbocycles. The van der Waals surface area contributed by atoms with Gasteiger partial charge < -0.3 is 14.5 Å². The molecule has 0 amide bonds. The van der Waals surface area contributed by atoms with Gasteiger partial charge in [0.15, 0.2) is 11.5 Å². The topological polar surface area (TPSA) is 75.1 Å². The highest BCUT2D eigenvalue weighted by molar-refractivity contribution is 5.72. The molecule has 0 bridgehead atoms. The lowest BCUT2D eigenvalue weighted by atomic mass is 10.0. The summed E-state index contributed by atoms with van der Waals surface area (Å²) in [7, 11) is 1.31. The number of alkyl halides is 2. The zero-order chi connectivity index (χ0) is 16.3. The first-order valence-corrected chi connectivity index (χ1v) is 6.23. The van der Waals surface area contributed by atoms with Gasteiger partial charge in [0.25, 0.3) is 5.56 Å². The number of hydrogen-bond donors (Lipinski definition) is 1. The van der Waals surface area contributed by atoms with Gasteiger partial charge in [-0.05, 0) is 30.7 Å². The van der Waals surface area contributed by atoms with Crippen LogP contribution in [0.25, 0.3) is 11.1 Å². The van der Waals surface area contributed by atoms with E-state index >= 15 is 0 Å². The minimum atomic E-state index is -2.98. The van der Waals surface area contributed by atoms with E-state index in [1.165, 1.54) is 25.3 Å². The highest BCUT2D eigenvalue weighted by Gasteiger charge is 2.15. The molecule has 0 unspecified atom stereocenters. The highest BCUT2D eigenvalue weighted by Crippen LogP contribution is 2.34. The molecule has 114 valence electrons. The average Bonchev–Trinajstić information content (AvgIpc) is 2.46. The number of benzene rings is 1. The SMILES string of the molecule is COc1cc(-c2cc(C)[nH]c(=O)c2C#N)ccc1OC(F)F. The van der Waals surface area contributed by atoms with Gasteiger partial charge in [-0.15, -0.1) is 0 Å². The van der Waals surface area contributed by atoms with E-state index in [1.807, 2.05) is 6.07 Å². The number of halogens is 2. The Hall–Kier alpha value is -2.88. The van der Waals surface area contributed by atoms with Crippen LogP contribution in [-0.2, 0) is 0 Å². The van der Waals surface area contributed by atoms with Crippen molar-refractivity contribution in [2.45, 2.75) is 13.5 Å². The first-order valence-electron chi connectivity index (χ1n) is 6.23. The number of aromatic nitrogens is 1. The molecule has 1 aromatic heterocycles. The lowest BCUT2D eigenvalue weighted by molar-refractivity contribution is -0.0512. The second-order valence-corrected chi connectivity index (χ2v) is 4.43. The quantitative estimate of drug-likeness (QED) is 0.942. The molecule has 2 aromatic rings. The van der Waals surface area contributed by atoms with Crippen LogP contribution in [0, 0.1) is 18.3 Å². The van der Waals surface area contributed by atoms with Crippen LogP contribution >= 0.6 is 0 Å². The summed E-state index contributed by atoms with van der Waals surface area (Å²) in [5.74, 6) is -0.0408. The summed E-state index contributed by atoms with van der Waals surface area (Å²) in [5, 5.41) is 9.13. The van der Waals surface area contributed by atoms with Crippen LogP contribution in [0.1, 0.15) is 11.3 Å². The molecule has 0 spiro atoms. The number of aryl methyl sites for hydroxylation is 1. The van der Waals surface area contributed by atoms with Crippen LogP contribution in [0.15, 0.2) is 29.1 Å². The maximum Gasteiger partial charge on any atom is 0.387 e. The summed E-state index contributed by atoms with van der Waals surface area (Å²) in [6, 6.07) is 7.69. The van der Waals surface area contributed by atoms with Crippen LogP contribution in [0.5, 0.6) is 11.5 Å². The Bertz CT molecular complexity index is 794. The fraction of sp³-hybridized carbons (Fsp3) is 0.200. The Balaban J connectivity index is 2.60. The predicted octanol–water partition coefficient (Wildman–Crippen LogP) is 2.83. The van der Waals surface area contributed by atoms with Gasteiger partial charge >= 0.3 is 6.61 Å². The molecule has 2 rings (SSSR count). The van der Waals surface area contributed by atoms with Crippen LogP contribution in [0.4, 0.5) is 8.78 Å². The van der Waals surface area contributed by atoms with E-state index < -0.39 is 12.2 Å². The molecular formula is C15H12F2N2O3. The zero-order valence-corrected chi connectivity index (χ0v) is 11.8. The number of methoxy groups -OCH3 is 1. The van der Waals surface area contributed by atoms with Crippen LogP contribution in [0.3, 0.4) is 0 Å². The zero-order valence-electron chi connectivity index (χ0n) is 11.8. The van der Waals surface area contributed by atoms with E-state index in [2.05, 4.69) is 9.72 Å². The van der Waals surface area contributed by atoms with Gasteiger partial charge in [-0.25, -0.2) is 0 Å². The standard InChI is InChI=1S/C15H12F2N2O3/c1-8-5-10(11(7-18)14(20)19-8)9-3-4-12(22-15(16)17)13(6-9)21-2/h3-6,15H,1-2H3,(H,19,20). The first kappa shape index (κ1) is 15.5. The fourth-order valence-electron chi connectivity index (χ4n) is 2.06. The van der Waals surface area contributed by atoms with E-state index in [0.29, 0.717) is 16.8 Å². The van der Waals surface area contributed by atoms with Crippen molar-refractivity contribution in [3.8, 4) is 28.7 Å². The molecule has 0 aliphatic heterocycles. The number of nitrogens with zero attached hydrogens (tertiary/aromatic N) is 1. The number of nitrogens with one attached hydrogen (secondary N) is 1. The van der Waals surface area contributed by atoms with Crippen molar-refractivity contribution in [2.24, 2.45) is 0 Å². The normalized spacial score (nSPS) is 10.4. The third kappa shape index (κ3) is 3.06. The molecule has 22 heavy (non-hydrogen) atoms. The lowest BCUT2D eigenvalue weighted by Crippen LogP contribution is -2.12. The second kappa shape index (κ2) is 6.26. The molecule has 0 saturated heterocycles. The third-order valence-electron chi connectivity index (χ3n) is 2.97. The number of hydrogen-bond acceptors (Lipinski definition) is 4. The minimum absolute atomic E-state index is 0.0600. The van der Waals surface area contributed by atoms with Gasteiger partial charge in [0.2, 0.25) is 0 Å². The first-order chi connectivity index (χ1) is 10.5. The maximum absolute atomic E-state index is 12.3.